The van der Waals surface area contributed by atoms with Crippen molar-refractivity contribution in [2.45, 2.75) is 6.04 Å². The van der Waals surface area contributed by atoms with Crippen molar-refractivity contribution in [3.05, 3.63) is 41.5 Å². The number of nitrogens with one attached hydrogen (secondary N) is 1. The van der Waals surface area contributed by atoms with Crippen LogP contribution in [-0.4, -0.2) is 50.6 Å². The maximum atomic E-state index is 13.0. The smallest absolute Gasteiger partial charge is 0.329 e. The lowest BCUT2D eigenvalue weighted by atomic mass is 10.2. The maximum Gasteiger partial charge on any atom is 0.329 e. The lowest BCUT2D eigenvalue weighted by Crippen LogP contribution is -2.47. The van der Waals surface area contributed by atoms with E-state index in [1.165, 1.54) is 19.3 Å². The largest absolute Gasteiger partial charge is 0.467 e. The highest BCUT2D eigenvalue weighted by atomic mass is 19.2. The highest BCUT2D eigenvalue weighted by molar-refractivity contribution is 5.94. The van der Waals surface area contributed by atoms with Crippen molar-refractivity contribution in [3.8, 4) is 0 Å². The molecule has 0 radical (unpaired) electrons. The van der Waals surface area contributed by atoms with Gasteiger partial charge in [0.1, 0.15) is 6.04 Å². The van der Waals surface area contributed by atoms with E-state index in [-0.39, 0.29) is 6.54 Å². The van der Waals surface area contributed by atoms with Gasteiger partial charge < -0.3 is 15.0 Å². The van der Waals surface area contributed by atoms with Crippen LogP contribution in [-0.2, 0) is 14.3 Å². The fourth-order valence-corrected chi connectivity index (χ4v) is 1.69. The molecule has 1 N–H and O–H groups in total. The van der Waals surface area contributed by atoms with Gasteiger partial charge in [-0.25, -0.2) is 13.6 Å². The topological polar surface area (TPSA) is 58.6 Å². The van der Waals surface area contributed by atoms with Gasteiger partial charge in [-0.05, 0) is 37.9 Å². The van der Waals surface area contributed by atoms with Crippen LogP contribution in [0.3, 0.4) is 0 Å². The van der Waals surface area contributed by atoms with Gasteiger partial charge in [0.15, 0.2) is 11.6 Å². The van der Waals surface area contributed by atoms with E-state index in [4.69, 9.17) is 0 Å². The first-order valence-electron chi connectivity index (χ1n) is 6.49. The molecular weight excluding hydrogens is 294 g/mol. The van der Waals surface area contributed by atoms with Gasteiger partial charge in [0.2, 0.25) is 5.91 Å². The molecular formula is C15H18F2N2O3. The van der Waals surface area contributed by atoms with E-state index < -0.39 is 29.6 Å². The van der Waals surface area contributed by atoms with Crippen LogP contribution in [0.5, 0.6) is 0 Å². The minimum Gasteiger partial charge on any atom is -0.467 e. The molecule has 22 heavy (non-hydrogen) atoms. The molecule has 1 aromatic carbocycles. The standard InChI is InChI=1S/C15H18F2N2O3/c1-19(2)9-13(15(21)22-3)18-14(20)7-5-10-4-6-11(16)12(17)8-10/h4-8,13H,9H2,1-3H3,(H,18,20). The number of benzene rings is 1. The zero-order chi connectivity index (χ0) is 16.7. The van der Waals surface area contributed by atoms with Gasteiger partial charge in [-0.3, -0.25) is 4.79 Å². The van der Waals surface area contributed by atoms with E-state index in [0.29, 0.717) is 5.56 Å². The second-order valence-electron chi connectivity index (χ2n) is 4.85. The molecule has 1 unspecified atom stereocenters. The van der Waals surface area contributed by atoms with Crippen molar-refractivity contribution in [1.29, 1.82) is 0 Å². The first-order chi connectivity index (χ1) is 10.3. The Balaban J connectivity index is 2.71. The third kappa shape index (κ3) is 5.61. The third-order valence-corrected chi connectivity index (χ3v) is 2.72. The Morgan fingerprint density at radius 1 is 1.32 bits per heavy atom. The zero-order valence-electron chi connectivity index (χ0n) is 12.6. The summed E-state index contributed by atoms with van der Waals surface area (Å²) >= 11 is 0. The molecule has 1 amide bonds. The van der Waals surface area contributed by atoms with Crippen molar-refractivity contribution >= 4 is 18.0 Å². The molecule has 1 aromatic rings. The second kappa shape index (κ2) is 8.23. The molecule has 0 aliphatic heterocycles. The highest BCUT2D eigenvalue weighted by Gasteiger charge is 2.21. The number of methoxy groups -OCH3 is 1. The van der Waals surface area contributed by atoms with E-state index >= 15 is 0 Å². The van der Waals surface area contributed by atoms with Crippen LogP contribution in [0.25, 0.3) is 6.08 Å². The molecule has 1 rings (SSSR count). The number of nitrogens with zero attached hydrogens (tertiary/aromatic N) is 1. The van der Waals surface area contributed by atoms with Gasteiger partial charge >= 0.3 is 5.97 Å². The number of carbonyl (C=O) groups excluding carboxylic acids is 2. The van der Waals surface area contributed by atoms with E-state index in [1.807, 2.05) is 0 Å². The highest BCUT2D eigenvalue weighted by Crippen LogP contribution is 2.09. The average molecular weight is 312 g/mol. The Morgan fingerprint density at radius 3 is 2.55 bits per heavy atom. The van der Waals surface area contributed by atoms with E-state index in [9.17, 15) is 18.4 Å². The SMILES string of the molecule is COC(=O)C(CN(C)C)NC(=O)C=Cc1ccc(F)c(F)c1. The van der Waals surface area contributed by atoms with Crippen LogP contribution < -0.4 is 5.32 Å². The number of hydrogen-bond acceptors (Lipinski definition) is 4. The Kier molecular flexibility index (Phi) is 6.65. The summed E-state index contributed by atoms with van der Waals surface area (Å²) in [5.74, 6) is -3.06. The molecule has 0 aliphatic rings. The Labute approximate surface area is 127 Å². The molecule has 0 saturated heterocycles. The quantitative estimate of drug-likeness (QED) is 0.633. The van der Waals surface area contributed by atoms with Gasteiger partial charge in [0.25, 0.3) is 0 Å². The number of likely N-dealkylation sites (N-methyl/N-ethyl adjacent to an activating group) is 1. The summed E-state index contributed by atoms with van der Waals surface area (Å²) in [6.45, 7) is 0.275. The normalized spacial score (nSPS) is 12.5. The maximum absolute atomic E-state index is 13.0. The van der Waals surface area contributed by atoms with E-state index in [1.54, 1.807) is 19.0 Å². The summed E-state index contributed by atoms with van der Waals surface area (Å²) in [5.41, 5.74) is 0.330. The van der Waals surface area contributed by atoms with Gasteiger partial charge in [0.05, 0.1) is 7.11 Å². The molecule has 0 aromatic heterocycles. The molecule has 0 spiro atoms. The summed E-state index contributed by atoms with van der Waals surface area (Å²) in [6, 6.07) is 2.45. The first-order valence-corrected chi connectivity index (χ1v) is 6.49. The average Bonchev–Trinajstić information content (AvgIpc) is 2.46. The summed E-state index contributed by atoms with van der Waals surface area (Å²) in [4.78, 5) is 25.1. The number of carbonyl (C=O) groups is 2. The second-order valence-corrected chi connectivity index (χ2v) is 4.85. The molecule has 0 saturated carbocycles. The number of esters is 1. The molecule has 0 aliphatic carbocycles. The predicted molar refractivity (Wildman–Crippen MR) is 77.9 cm³/mol. The van der Waals surface area contributed by atoms with Crippen molar-refractivity contribution in [2.24, 2.45) is 0 Å². The summed E-state index contributed by atoms with van der Waals surface area (Å²) in [5, 5.41) is 2.49. The summed E-state index contributed by atoms with van der Waals surface area (Å²) in [6.07, 6.45) is 2.46. The molecule has 0 heterocycles. The lowest BCUT2D eigenvalue weighted by Gasteiger charge is -2.19. The number of halogens is 2. The minimum atomic E-state index is -0.998. The molecule has 1 atom stereocenters. The van der Waals surface area contributed by atoms with Gasteiger partial charge in [-0.2, -0.15) is 0 Å². The monoisotopic (exact) mass is 312 g/mol. The van der Waals surface area contributed by atoms with Crippen molar-refractivity contribution < 1.29 is 23.1 Å². The van der Waals surface area contributed by atoms with Gasteiger partial charge in [-0.15, -0.1) is 0 Å². The number of hydrogen-bond donors (Lipinski definition) is 1. The van der Waals surface area contributed by atoms with Crippen LogP contribution in [0.4, 0.5) is 8.78 Å². The number of rotatable bonds is 6. The molecule has 7 heteroatoms. The summed E-state index contributed by atoms with van der Waals surface area (Å²) < 4.78 is 30.4. The van der Waals surface area contributed by atoms with Crippen LogP contribution in [0.2, 0.25) is 0 Å². The molecule has 5 nitrogen and oxygen atoms in total. The molecule has 0 bridgehead atoms. The van der Waals surface area contributed by atoms with Crippen LogP contribution in [0.1, 0.15) is 5.56 Å². The number of ether oxygens (including phenoxy) is 1. The number of amides is 1. The minimum absolute atomic E-state index is 0.275. The van der Waals surface area contributed by atoms with Gasteiger partial charge in [0, 0.05) is 12.6 Å². The molecule has 120 valence electrons. The van der Waals surface area contributed by atoms with Gasteiger partial charge in [-0.1, -0.05) is 6.07 Å². The molecule has 0 fully saturated rings. The van der Waals surface area contributed by atoms with Crippen LogP contribution in [0, 0.1) is 11.6 Å². The lowest BCUT2D eigenvalue weighted by molar-refractivity contribution is -0.145. The van der Waals surface area contributed by atoms with Crippen molar-refractivity contribution in [1.82, 2.24) is 10.2 Å². The predicted octanol–water partition coefficient (Wildman–Crippen LogP) is 1.20. The Bertz CT molecular complexity index is 574. The fourth-order valence-electron chi connectivity index (χ4n) is 1.69. The summed E-state index contributed by atoms with van der Waals surface area (Å²) in [7, 11) is 4.73. The zero-order valence-corrected chi connectivity index (χ0v) is 12.6. The first kappa shape index (κ1) is 17.8. The Hall–Kier alpha value is -2.28. The Morgan fingerprint density at radius 2 is 2.00 bits per heavy atom. The van der Waals surface area contributed by atoms with Crippen molar-refractivity contribution in [2.75, 3.05) is 27.7 Å². The fraction of sp³-hybridized carbons (Fsp3) is 0.333. The van der Waals surface area contributed by atoms with Crippen LogP contribution in [0.15, 0.2) is 24.3 Å². The van der Waals surface area contributed by atoms with E-state index in [2.05, 4.69) is 10.1 Å². The van der Waals surface area contributed by atoms with Crippen LogP contribution >= 0.6 is 0 Å². The van der Waals surface area contributed by atoms with E-state index in [0.717, 1.165) is 18.2 Å². The van der Waals surface area contributed by atoms with Crippen molar-refractivity contribution in [3.63, 3.8) is 0 Å². The third-order valence-electron chi connectivity index (χ3n) is 2.72.